The normalized spacial score (nSPS) is 8.23. The first kappa shape index (κ1) is 28.1. The van der Waals surface area contributed by atoms with Gasteiger partial charge >= 0.3 is 11.9 Å². The third-order valence-electron chi connectivity index (χ3n) is 2.21. The van der Waals surface area contributed by atoms with Crippen LogP contribution < -0.4 is 5.73 Å². The molecule has 0 aliphatic rings. The van der Waals surface area contributed by atoms with Gasteiger partial charge in [0, 0.05) is 24.4 Å². The van der Waals surface area contributed by atoms with Crippen LogP contribution in [0.5, 0.6) is 0 Å². The summed E-state index contributed by atoms with van der Waals surface area (Å²) < 4.78 is 4.70. The summed E-state index contributed by atoms with van der Waals surface area (Å²) in [5.41, 5.74) is 5.60. The van der Waals surface area contributed by atoms with Crippen LogP contribution >= 0.6 is 0 Å². The van der Waals surface area contributed by atoms with E-state index in [1.165, 1.54) is 14.0 Å². The molecule has 0 saturated carbocycles. The molecule has 7 heteroatoms. The van der Waals surface area contributed by atoms with Crippen molar-refractivity contribution in [3.8, 4) is 0 Å². The Kier molecular flexibility index (Phi) is 21.9. The first-order valence-electron chi connectivity index (χ1n) is 7.68. The third-order valence-corrected chi connectivity index (χ3v) is 2.21. The number of ether oxygens (including phenoxy) is 1. The number of carboxylic acids is 1. The van der Waals surface area contributed by atoms with Crippen molar-refractivity contribution in [1.29, 1.82) is 0 Å². The van der Waals surface area contributed by atoms with Crippen molar-refractivity contribution in [3.63, 3.8) is 0 Å². The summed E-state index contributed by atoms with van der Waals surface area (Å²) in [7, 11) is 5.34. The molecule has 26 heavy (non-hydrogen) atoms. The Morgan fingerprint density at radius 1 is 1.31 bits per heavy atom. The van der Waals surface area contributed by atoms with Gasteiger partial charge in [0.1, 0.15) is 6.61 Å². The summed E-state index contributed by atoms with van der Waals surface area (Å²) in [6.45, 7) is 12.6. The van der Waals surface area contributed by atoms with Crippen molar-refractivity contribution in [2.75, 3.05) is 34.3 Å². The van der Waals surface area contributed by atoms with Crippen molar-refractivity contribution in [2.45, 2.75) is 6.92 Å². The largest absolute Gasteiger partial charge is 0.478 e. The molecule has 0 aliphatic carbocycles. The summed E-state index contributed by atoms with van der Waals surface area (Å²) in [6, 6.07) is 5.73. The highest BCUT2D eigenvalue weighted by atomic mass is 16.5. The van der Waals surface area contributed by atoms with E-state index in [1.54, 1.807) is 12.3 Å². The highest BCUT2D eigenvalue weighted by molar-refractivity contribution is 5.84. The minimum Gasteiger partial charge on any atom is -0.478 e. The number of esters is 1. The molecule has 7 nitrogen and oxygen atoms in total. The fraction of sp³-hybridized carbons (Fsp3) is 0.316. The van der Waals surface area contributed by atoms with E-state index in [-0.39, 0.29) is 11.5 Å². The van der Waals surface area contributed by atoms with Crippen LogP contribution in [0, 0.1) is 0 Å². The molecule has 146 valence electrons. The van der Waals surface area contributed by atoms with E-state index < -0.39 is 5.97 Å². The zero-order valence-corrected chi connectivity index (χ0v) is 16.1. The quantitative estimate of drug-likeness (QED) is 0.588. The van der Waals surface area contributed by atoms with E-state index in [0.717, 1.165) is 18.3 Å². The molecule has 0 aromatic carbocycles. The third kappa shape index (κ3) is 23.5. The van der Waals surface area contributed by atoms with Gasteiger partial charge in [-0.15, -0.1) is 0 Å². The highest BCUT2D eigenvalue weighted by Gasteiger charge is 1.94. The van der Waals surface area contributed by atoms with Crippen molar-refractivity contribution in [2.24, 2.45) is 5.73 Å². The molecular weight excluding hydrogens is 334 g/mol. The first-order chi connectivity index (χ1) is 12.2. The second-order valence-electron chi connectivity index (χ2n) is 4.72. The van der Waals surface area contributed by atoms with Gasteiger partial charge in [0.25, 0.3) is 0 Å². The number of carbonyl (C=O) groups excluding carboxylic acids is 1. The van der Waals surface area contributed by atoms with Crippen LogP contribution in [0.15, 0.2) is 55.8 Å². The second kappa shape index (κ2) is 20.3. The summed E-state index contributed by atoms with van der Waals surface area (Å²) >= 11 is 0. The molecule has 0 bridgehead atoms. The van der Waals surface area contributed by atoms with Crippen molar-refractivity contribution in [1.82, 2.24) is 9.88 Å². The predicted molar refractivity (Wildman–Crippen MR) is 107 cm³/mol. The zero-order valence-electron chi connectivity index (χ0n) is 16.1. The van der Waals surface area contributed by atoms with Gasteiger partial charge in [0.05, 0.1) is 5.69 Å². The number of aliphatic carboxylic acids is 1. The maximum Gasteiger partial charge on any atom is 0.330 e. The number of carbonyl (C=O) groups is 2. The van der Waals surface area contributed by atoms with E-state index in [2.05, 4.69) is 30.5 Å². The van der Waals surface area contributed by atoms with E-state index in [9.17, 15) is 9.59 Å². The minimum absolute atomic E-state index is 0.176. The average molecular weight is 365 g/mol. The number of nitrogens with two attached hydrogens (primary N) is 1. The monoisotopic (exact) mass is 365 g/mol. The summed E-state index contributed by atoms with van der Waals surface area (Å²) in [5, 5.41) is 7.89. The molecule has 0 aliphatic heterocycles. The number of hydrogen-bond donors (Lipinski definition) is 2. The molecule has 0 saturated heterocycles. The predicted octanol–water partition coefficient (Wildman–Crippen LogP) is 2.22. The average Bonchev–Trinajstić information content (AvgIpc) is 2.64. The highest BCUT2D eigenvalue weighted by Crippen LogP contribution is 1.91. The molecule has 0 unspecified atom stereocenters. The number of hydrogen-bond acceptors (Lipinski definition) is 6. The summed E-state index contributed by atoms with van der Waals surface area (Å²) in [4.78, 5) is 26.0. The number of nitrogens with zero attached hydrogens (tertiary/aromatic N) is 2. The first-order valence-corrected chi connectivity index (χ1v) is 7.68. The lowest BCUT2D eigenvalue weighted by Gasteiger charge is -2.07. The number of rotatable bonds is 6. The number of aromatic nitrogens is 1. The second-order valence-corrected chi connectivity index (χ2v) is 4.72. The molecule has 0 amide bonds. The maximum atomic E-state index is 10.4. The SMILES string of the molecule is C=C(C)C(=O)O.C=CC(=O)OCCN(C)C.C=Cc1ccccn1.CN. The standard InChI is InChI=1S/C7H13NO2.C7H7N.C4H6O2.CH5N/c1-4-7(9)10-6-5-8(2)3;1-2-7-5-3-4-6-8-7;1-3(2)4(5)6;1-2/h4H,1,5-6H2,2-3H3;2-6H,1H2;1H2,2H3,(H,5,6);2H2,1H3. The Bertz CT molecular complexity index is 517. The van der Waals surface area contributed by atoms with Gasteiger partial charge in [-0.25, -0.2) is 9.59 Å². The fourth-order valence-electron chi connectivity index (χ4n) is 0.884. The molecule has 0 spiro atoms. The van der Waals surface area contributed by atoms with Crippen molar-refractivity contribution in [3.05, 3.63) is 61.5 Å². The van der Waals surface area contributed by atoms with Crippen molar-refractivity contribution >= 4 is 18.0 Å². The summed E-state index contributed by atoms with van der Waals surface area (Å²) in [5.74, 6) is -1.29. The van der Waals surface area contributed by atoms with E-state index in [0.29, 0.717) is 6.61 Å². The van der Waals surface area contributed by atoms with Crippen LogP contribution in [-0.4, -0.2) is 61.2 Å². The van der Waals surface area contributed by atoms with E-state index in [1.807, 2.05) is 37.2 Å². The van der Waals surface area contributed by atoms with Gasteiger partial charge in [-0.1, -0.05) is 25.8 Å². The lowest BCUT2D eigenvalue weighted by Crippen LogP contribution is -2.19. The zero-order chi connectivity index (χ0) is 21.0. The van der Waals surface area contributed by atoms with Gasteiger partial charge in [-0.05, 0) is 46.3 Å². The number of carboxylic acid groups (broad SMARTS) is 1. The molecule has 1 heterocycles. The van der Waals surface area contributed by atoms with Crippen LogP contribution in [0.2, 0.25) is 0 Å². The van der Waals surface area contributed by atoms with Crippen LogP contribution in [0.3, 0.4) is 0 Å². The van der Waals surface area contributed by atoms with Gasteiger partial charge in [-0.3, -0.25) is 4.98 Å². The molecule has 1 aromatic rings. The lowest BCUT2D eigenvalue weighted by molar-refractivity contribution is -0.138. The fourth-order valence-corrected chi connectivity index (χ4v) is 0.884. The minimum atomic E-state index is -0.935. The lowest BCUT2D eigenvalue weighted by atomic mass is 10.4. The molecule has 0 fully saturated rings. The smallest absolute Gasteiger partial charge is 0.330 e. The molecule has 0 atom stereocenters. The van der Waals surface area contributed by atoms with Gasteiger partial charge in [0.2, 0.25) is 0 Å². The van der Waals surface area contributed by atoms with Gasteiger partial charge in [-0.2, -0.15) is 0 Å². The van der Waals surface area contributed by atoms with Gasteiger partial charge < -0.3 is 20.5 Å². The van der Waals surface area contributed by atoms with E-state index in [4.69, 9.17) is 9.84 Å². The Labute approximate surface area is 156 Å². The van der Waals surface area contributed by atoms with E-state index >= 15 is 0 Å². The van der Waals surface area contributed by atoms with Crippen molar-refractivity contribution < 1.29 is 19.4 Å². The summed E-state index contributed by atoms with van der Waals surface area (Å²) in [6.07, 6.45) is 4.63. The van der Waals surface area contributed by atoms with Gasteiger partial charge in [0.15, 0.2) is 0 Å². The number of likely N-dealkylation sites (N-methyl/N-ethyl adjacent to an activating group) is 1. The van der Waals surface area contributed by atoms with Crippen LogP contribution in [-0.2, 0) is 14.3 Å². The topological polar surface area (TPSA) is 106 Å². The molecule has 1 rings (SSSR count). The maximum absolute atomic E-state index is 10.4. The Morgan fingerprint density at radius 2 is 1.85 bits per heavy atom. The molecule has 0 radical (unpaired) electrons. The molecule has 3 N–H and O–H groups in total. The Morgan fingerprint density at radius 3 is 2.12 bits per heavy atom. The van der Waals surface area contributed by atoms with Crippen LogP contribution in [0.1, 0.15) is 12.6 Å². The number of pyridine rings is 1. The Balaban J connectivity index is -0.000000299. The van der Waals surface area contributed by atoms with Crippen LogP contribution in [0.4, 0.5) is 0 Å². The van der Waals surface area contributed by atoms with Crippen LogP contribution in [0.25, 0.3) is 6.08 Å². The molecular formula is C19H31N3O4. The molecule has 1 aromatic heterocycles. The Hall–Kier alpha value is -2.77.